The van der Waals surface area contributed by atoms with E-state index in [1.54, 1.807) is 18.0 Å². The second-order valence-corrected chi connectivity index (χ2v) is 4.03. The van der Waals surface area contributed by atoms with Crippen LogP contribution in [0.25, 0.3) is 0 Å². The van der Waals surface area contributed by atoms with Crippen LogP contribution >= 0.6 is 0 Å². The smallest absolute Gasteiger partial charge is 0.272 e. The number of amides is 1. The first kappa shape index (κ1) is 12.5. The van der Waals surface area contributed by atoms with E-state index in [-0.39, 0.29) is 5.91 Å². The van der Waals surface area contributed by atoms with Crippen LogP contribution in [0.2, 0.25) is 0 Å². The standard InChI is InChI=1S/C12H19N3O/c1-5-15(4)12(16)10-7-6-8-11(14-10)13-9(2)3/h6-9H,5H2,1-4H3,(H,13,14). The van der Waals surface area contributed by atoms with Crippen molar-refractivity contribution in [3.63, 3.8) is 0 Å². The Morgan fingerprint density at radius 2 is 2.19 bits per heavy atom. The molecule has 0 fully saturated rings. The van der Waals surface area contributed by atoms with Crippen molar-refractivity contribution in [2.45, 2.75) is 26.8 Å². The molecule has 0 unspecified atom stereocenters. The molecule has 4 nitrogen and oxygen atoms in total. The van der Waals surface area contributed by atoms with Crippen LogP contribution in [0.15, 0.2) is 18.2 Å². The van der Waals surface area contributed by atoms with E-state index in [0.717, 1.165) is 5.82 Å². The first-order valence-corrected chi connectivity index (χ1v) is 5.53. The third-order valence-electron chi connectivity index (χ3n) is 2.23. The average molecular weight is 221 g/mol. The summed E-state index contributed by atoms with van der Waals surface area (Å²) in [5.41, 5.74) is 0.481. The molecule has 1 rings (SSSR count). The minimum absolute atomic E-state index is 0.0464. The lowest BCUT2D eigenvalue weighted by Crippen LogP contribution is -2.27. The number of carbonyl (C=O) groups excluding carboxylic acids is 1. The molecule has 1 aromatic heterocycles. The first-order valence-electron chi connectivity index (χ1n) is 5.53. The Kier molecular flexibility index (Phi) is 4.28. The fraction of sp³-hybridized carbons (Fsp3) is 0.500. The summed E-state index contributed by atoms with van der Waals surface area (Å²) in [7, 11) is 1.77. The molecule has 0 aliphatic carbocycles. The van der Waals surface area contributed by atoms with Crippen molar-refractivity contribution in [2.75, 3.05) is 18.9 Å². The SMILES string of the molecule is CCN(C)C(=O)c1cccc(NC(C)C)n1. The Bertz CT molecular complexity index is 363. The fourth-order valence-electron chi connectivity index (χ4n) is 1.27. The zero-order chi connectivity index (χ0) is 12.1. The predicted octanol–water partition coefficient (Wildman–Crippen LogP) is 1.99. The molecule has 0 aromatic carbocycles. The minimum Gasteiger partial charge on any atom is -0.368 e. The summed E-state index contributed by atoms with van der Waals surface area (Å²) in [6.45, 7) is 6.69. The largest absolute Gasteiger partial charge is 0.368 e. The second-order valence-electron chi connectivity index (χ2n) is 4.03. The van der Waals surface area contributed by atoms with Gasteiger partial charge in [0.1, 0.15) is 11.5 Å². The third kappa shape index (κ3) is 3.22. The van der Waals surface area contributed by atoms with Crippen LogP contribution in [0.5, 0.6) is 0 Å². The summed E-state index contributed by atoms with van der Waals surface area (Å²) >= 11 is 0. The molecule has 0 bridgehead atoms. The van der Waals surface area contributed by atoms with Gasteiger partial charge in [-0.05, 0) is 32.9 Å². The van der Waals surface area contributed by atoms with Crippen LogP contribution in [0.1, 0.15) is 31.3 Å². The van der Waals surface area contributed by atoms with Crippen molar-refractivity contribution in [3.05, 3.63) is 23.9 Å². The highest BCUT2D eigenvalue weighted by atomic mass is 16.2. The molecule has 0 aliphatic rings. The van der Waals surface area contributed by atoms with Crippen molar-refractivity contribution < 1.29 is 4.79 Å². The Balaban J connectivity index is 2.85. The van der Waals surface area contributed by atoms with Gasteiger partial charge in [-0.25, -0.2) is 4.98 Å². The maximum absolute atomic E-state index is 11.8. The number of nitrogens with zero attached hydrogens (tertiary/aromatic N) is 2. The van der Waals surface area contributed by atoms with Gasteiger partial charge in [-0.1, -0.05) is 6.07 Å². The van der Waals surface area contributed by atoms with Crippen molar-refractivity contribution in [2.24, 2.45) is 0 Å². The Morgan fingerprint density at radius 3 is 2.75 bits per heavy atom. The molecule has 0 radical (unpaired) electrons. The van der Waals surface area contributed by atoms with Crippen LogP contribution in [0, 0.1) is 0 Å². The molecular weight excluding hydrogens is 202 g/mol. The summed E-state index contributed by atoms with van der Waals surface area (Å²) in [5.74, 6) is 0.695. The molecule has 16 heavy (non-hydrogen) atoms. The number of rotatable bonds is 4. The number of aromatic nitrogens is 1. The molecule has 0 aliphatic heterocycles. The van der Waals surface area contributed by atoms with Crippen LogP contribution in [-0.2, 0) is 0 Å². The summed E-state index contributed by atoms with van der Waals surface area (Å²) in [6.07, 6.45) is 0. The lowest BCUT2D eigenvalue weighted by atomic mass is 10.3. The van der Waals surface area contributed by atoms with E-state index in [1.807, 2.05) is 32.9 Å². The highest BCUT2D eigenvalue weighted by molar-refractivity contribution is 5.92. The maximum Gasteiger partial charge on any atom is 0.272 e. The van der Waals surface area contributed by atoms with Crippen molar-refractivity contribution in [1.29, 1.82) is 0 Å². The van der Waals surface area contributed by atoms with Gasteiger partial charge < -0.3 is 10.2 Å². The molecule has 4 heteroatoms. The Labute approximate surface area is 96.7 Å². The molecule has 0 spiro atoms. The van der Waals surface area contributed by atoms with Crippen LogP contribution in [0.3, 0.4) is 0 Å². The molecule has 0 atom stereocenters. The van der Waals surface area contributed by atoms with Gasteiger partial charge in [0, 0.05) is 19.6 Å². The first-order chi connectivity index (χ1) is 7.54. The van der Waals surface area contributed by atoms with Gasteiger partial charge in [-0.3, -0.25) is 4.79 Å². The number of nitrogens with one attached hydrogen (secondary N) is 1. The summed E-state index contributed by atoms with van der Waals surface area (Å²) in [6, 6.07) is 5.75. The monoisotopic (exact) mass is 221 g/mol. The van der Waals surface area contributed by atoms with Crippen molar-refractivity contribution >= 4 is 11.7 Å². The van der Waals surface area contributed by atoms with E-state index in [2.05, 4.69) is 10.3 Å². The highest BCUT2D eigenvalue weighted by Crippen LogP contribution is 2.08. The van der Waals surface area contributed by atoms with E-state index in [4.69, 9.17) is 0 Å². The maximum atomic E-state index is 11.8. The number of anilines is 1. The fourth-order valence-corrected chi connectivity index (χ4v) is 1.27. The van der Waals surface area contributed by atoms with Gasteiger partial charge in [-0.15, -0.1) is 0 Å². The quantitative estimate of drug-likeness (QED) is 0.845. The topological polar surface area (TPSA) is 45.2 Å². The van der Waals surface area contributed by atoms with Gasteiger partial charge in [0.25, 0.3) is 5.91 Å². The van der Waals surface area contributed by atoms with Gasteiger partial charge in [0.2, 0.25) is 0 Å². The van der Waals surface area contributed by atoms with E-state index < -0.39 is 0 Å². The summed E-state index contributed by atoms with van der Waals surface area (Å²) < 4.78 is 0. The molecule has 88 valence electrons. The van der Waals surface area contributed by atoms with E-state index >= 15 is 0 Å². The van der Waals surface area contributed by atoms with E-state index in [9.17, 15) is 4.79 Å². The zero-order valence-electron chi connectivity index (χ0n) is 10.3. The third-order valence-corrected chi connectivity index (χ3v) is 2.23. The zero-order valence-corrected chi connectivity index (χ0v) is 10.3. The molecule has 1 amide bonds. The molecule has 1 N–H and O–H groups in total. The molecular formula is C12H19N3O. The van der Waals surface area contributed by atoms with Crippen LogP contribution < -0.4 is 5.32 Å². The van der Waals surface area contributed by atoms with Crippen LogP contribution in [-0.4, -0.2) is 35.4 Å². The lowest BCUT2D eigenvalue weighted by Gasteiger charge is -2.15. The summed E-state index contributed by atoms with van der Waals surface area (Å²) in [4.78, 5) is 17.8. The van der Waals surface area contributed by atoms with Gasteiger partial charge >= 0.3 is 0 Å². The van der Waals surface area contributed by atoms with Gasteiger partial charge in [0.05, 0.1) is 0 Å². The lowest BCUT2D eigenvalue weighted by molar-refractivity contribution is 0.0797. The molecule has 0 saturated heterocycles. The van der Waals surface area contributed by atoms with Crippen molar-refractivity contribution in [3.8, 4) is 0 Å². The minimum atomic E-state index is -0.0464. The van der Waals surface area contributed by atoms with Gasteiger partial charge in [-0.2, -0.15) is 0 Å². The second kappa shape index (κ2) is 5.49. The Morgan fingerprint density at radius 1 is 1.50 bits per heavy atom. The summed E-state index contributed by atoms with van der Waals surface area (Å²) in [5, 5.41) is 3.18. The highest BCUT2D eigenvalue weighted by Gasteiger charge is 2.11. The number of hydrogen-bond acceptors (Lipinski definition) is 3. The van der Waals surface area contributed by atoms with Crippen molar-refractivity contribution in [1.82, 2.24) is 9.88 Å². The average Bonchev–Trinajstić information content (AvgIpc) is 2.26. The molecule has 1 aromatic rings. The van der Waals surface area contributed by atoms with Crippen LogP contribution in [0.4, 0.5) is 5.82 Å². The van der Waals surface area contributed by atoms with Gasteiger partial charge in [0.15, 0.2) is 0 Å². The Hall–Kier alpha value is -1.58. The van der Waals surface area contributed by atoms with E-state index in [0.29, 0.717) is 18.3 Å². The number of pyridine rings is 1. The predicted molar refractivity (Wildman–Crippen MR) is 65.6 cm³/mol. The molecule has 0 saturated carbocycles. The van der Waals surface area contributed by atoms with E-state index in [1.165, 1.54) is 0 Å². The normalized spacial score (nSPS) is 10.3. The molecule has 1 heterocycles. The number of carbonyl (C=O) groups is 1. The number of hydrogen-bond donors (Lipinski definition) is 1.